The first-order chi connectivity index (χ1) is 28.0. The molecule has 2 atom stereocenters. The maximum Gasteiger partial charge on any atom is 0.306 e. The van der Waals surface area contributed by atoms with Gasteiger partial charge in [0.05, 0.1) is 27.7 Å². The summed E-state index contributed by atoms with van der Waals surface area (Å²) in [6.07, 6.45) is 51.7. The summed E-state index contributed by atoms with van der Waals surface area (Å²) >= 11 is 0. The summed E-state index contributed by atoms with van der Waals surface area (Å²) in [7, 11) is 1.09. The van der Waals surface area contributed by atoms with Crippen molar-refractivity contribution in [1.29, 1.82) is 0 Å². The largest absolute Gasteiger partial charge is 0.756 e. The fourth-order valence-corrected chi connectivity index (χ4v) is 5.91. The third-order valence-electron chi connectivity index (χ3n) is 8.60. The molecule has 0 spiro atoms. The molecule has 0 aromatic carbocycles. The van der Waals surface area contributed by atoms with Crippen molar-refractivity contribution in [2.24, 2.45) is 0 Å². The minimum atomic E-state index is -4.65. The number of phosphoric ester groups is 1. The zero-order chi connectivity index (χ0) is 42.8. The summed E-state index contributed by atoms with van der Waals surface area (Å²) < 4.78 is 33.7. The Balaban J connectivity index is 4.51. The van der Waals surface area contributed by atoms with E-state index in [1.54, 1.807) is 0 Å². The lowest BCUT2D eigenvalue weighted by Gasteiger charge is -2.28. The van der Waals surface area contributed by atoms with E-state index in [1.165, 1.54) is 38.5 Å². The first-order valence-electron chi connectivity index (χ1n) is 21.9. The van der Waals surface area contributed by atoms with Crippen LogP contribution in [0.1, 0.15) is 142 Å². The van der Waals surface area contributed by atoms with Gasteiger partial charge in [-0.05, 0) is 83.5 Å². The van der Waals surface area contributed by atoms with E-state index >= 15 is 0 Å². The van der Waals surface area contributed by atoms with Crippen LogP contribution in [-0.2, 0) is 32.7 Å². The molecular formula is C48H80NO8P. The van der Waals surface area contributed by atoms with Gasteiger partial charge in [-0.1, -0.05) is 143 Å². The number of hydrogen-bond acceptors (Lipinski definition) is 8. The van der Waals surface area contributed by atoms with E-state index in [1.807, 2.05) is 33.3 Å². The third kappa shape index (κ3) is 42.5. The van der Waals surface area contributed by atoms with Crippen LogP contribution < -0.4 is 4.89 Å². The smallest absolute Gasteiger partial charge is 0.306 e. The molecule has 0 aliphatic heterocycles. The highest BCUT2D eigenvalue weighted by molar-refractivity contribution is 7.45. The second-order valence-corrected chi connectivity index (χ2v) is 16.7. The fourth-order valence-electron chi connectivity index (χ4n) is 5.18. The van der Waals surface area contributed by atoms with Crippen molar-refractivity contribution in [3.63, 3.8) is 0 Å². The lowest BCUT2D eigenvalue weighted by Crippen LogP contribution is -2.37. The first-order valence-corrected chi connectivity index (χ1v) is 23.4. The van der Waals surface area contributed by atoms with Crippen LogP contribution in [0.5, 0.6) is 0 Å². The molecule has 0 saturated carbocycles. The molecule has 330 valence electrons. The van der Waals surface area contributed by atoms with Crippen molar-refractivity contribution in [1.82, 2.24) is 0 Å². The molecule has 0 amide bonds. The highest BCUT2D eigenvalue weighted by atomic mass is 31.2. The van der Waals surface area contributed by atoms with Crippen LogP contribution in [0.15, 0.2) is 97.2 Å². The molecule has 0 aromatic rings. The van der Waals surface area contributed by atoms with Gasteiger partial charge in [0.1, 0.15) is 19.8 Å². The van der Waals surface area contributed by atoms with Gasteiger partial charge in [0.15, 0.2) is 6.10 Å². The number of unbranched alkanes of at least 4 members (excludes halogenated alkanes) is 8. The van der Waals surface area contributed by atoms with Crippen molar-refractivity contribution in [3.8, 4) is 0 Å². The summed E-state index contributed by atoms with van der Waals surface area (Å²) in [5.41, 5.74) is 0. The third-order valence-corrected chi connectivity index (χ3v) is 9.57. The predicted octanol–water partition coefficient (Wildman–Crippen LogP) is 11.9. The molecule has 58 heavy (non-hydrogen) atoms. The summed E-state index contributed by atoms with van der Waals surface area (Å²) in [4.78, 5) is 37.5. The zero-order valence-electron chi connectivity index (χ0n) is 36.9. The number of quaternary nitrogens is 1. The van der Waals surface area contributed by atoms with Crippen LogP contribution in [0.3, 0.4) is 0 Å². The van der Waals surface area contributed by atoms with Gasteiger partial charge in [0.25, 0.3) is 7.82 Å². The molecule has 0 aromatic heterocycles. The second kappa shape index (κ2) is 39.4. The van der Waals surface area contributed by atoms with Gasteiger partial charge < -0.3 is 27.9 Å². The SMILES string of the molecule is CC/C=C/C/C=C/C/C=C/C/C=C/C/C=C/C/C=C/CCCCC(=O)OCC(COP(=O)([O-])OCC[N+](C)(C)C)OC(=O)CC/C=C/C/C=C/CCCCCCCC. The highest BCUT2D eigenvalue weighted by Crippen LogP contribution is 2.38. The van der Waals surface area contributed by atoms with Gasteiger partial charge in [0.2, 0.25) is 0 Å². The van der Waals surface area contributed by atoms with E-state index in [0.717, 1.165) is 64.2 Å². The Bertz CT molecular complexity index is 1300. The van der Waals surface area contributed by atoms with Gasteiger partial charge in [-0.25, -0.2) is 0 Å². The normalized spacial score (nSPS) is 14.5. The number of phosphoric acid groups is 1. The van der Waals surface area contributed by atoms with E-state index in [2.05, 4.69) is 98.9 Å². The number of esters is 2. The predicted molar refractivity (Wildman–Crippen MR) is 240 cm³/mol. The molecule has 0 bridgehead atoms. The van der Waals surface area contributed by atoms with Crippen molar-refractivity contribution in [2.45, 2.75) is 148 Å². The fraction of sp³-hybridized carbons (Fsp3) is 0.625. The van der Waals surface area contributed by atoms with Gasteiger partial charge >= 0.3 is 11.9 Å². The Hall–Kier alpha value is -3.07. The van der Waals surface area contributed by atoms with Crippen molar-refractivity contribution >= 4 is 19.8 Å². The maximum absolute atomic E-state index is 12.6. The minimum Gasteiger partial charge on any atom is -0.756 e. The first kappa shape index (κ1) is 54.9. The summed E-state index contributed by atoms with van der Waals surface area (Å²) in [5, 5.41) is 0. The van der Waals surface area contributed by atoms with E-state index in [4.69, 9.17) is 18.5 Å². The van der Waals surface area contributed by atoms with E-state index in [0.29, 0.717) is 23.9 Å². The minimum absolute atomic E-state index is 0.0527. The molecule has 0 saturated heterocycles. The van der Waals surface area contributed by atoms with Crippen molar-refractivity contribution in [3.05, 3.63) is 97.2 Å². The standard InChI is InChI=1S/C48H80NO8P/c1-6-8-10-12-14-16-18-20-21-22-23-24-25-26-27-29-30-32-34-36-38-40-47(50)54-44-46(45-56-58(52,53)55-43-42-49(3,4)5)57-48(51)41-39-37-35-33-31-28-19-17-15-13-11-9-7-2/h8,10,14,16,20-21,23-24,26-28,30-32,35,37,46H,6-7,9,11-13,15,17-19,22,25,29,33-34,36,38-45H2,1-5H3/b10-8+,16-14+,21-20+,24-23+,27-26+,31-28+,32-30+,37-35+. The Labute approximate surface area is 353 Å². The number of nitrogens with zero attached hydrogens (tertiary/aromatic N) is 1. The molecule has 0 aliphatic carbocycles. The molecule has 0 aliphatic rings. The van der Waals surface area contributed by atoms with Crippen LogP contribution >= 0.6 is 7.82 Å². The Morgan fingerprint density at radius 1 is 0.552 bits per heavy atom. The molecule has 0 radical (unpaired) electrons. The van der Waals surface area contributed by atoms with Gasteiger partial charge in [-0.15, -0.1) is 0 Å². The average Bonchev–Trinajstić information content (AvgIpc) is 3.17. The van der Waals surface area contributed by atoms with Crippen molar-refractivity contribution in [2.75, 3.05) is 47.5 Å². The molecule has 0 fully saturated rings. The topological polar surface area (TPSA) is 111 Å². The quantitative estimate of drug-likeness (QED) is 0.0199. The maximum atomic E-state index is 12.6. The monoisotopic (exact) mass is 830 g/mol. The summed E-state index contributed by atoms with van der Waals surface area (Å²) in [5.74, 6) is -0.975. The molecule has 10 heteroatoms. The Morgan fingerprint density at radius 3 is 1.53 bits per heavy atom. The molecule has 2 unspecified atom stereocenters. The Kier molecular flexibility index (Phi) is 37.3. The summed E-state index contributed by atoms with van der Waals surface area (Å²) in [6, 6.07) is 0. The van der Waals surface area contributed by atoms with Crippen molar-refractivity contribution < 1.29 is 42.1 Å². The average molecular weight is 830 g/mol. The number of likely N-dealkylation sites (N-methyl/N-ethyl adjacent to an activating group) is 1. The lowest BCUT2D eigenvalue weighted by molar-refractivity contribution is -0.870. The molecule has 0 N–H and O–H groups in total. The van der Waals surface area contributed by atoms with E-state index < -0.39 is 32.5 Å². The Morgan fingerprint density at radius 2 is 1.02 bits per heavy atom. The molecule has 9 nitrogen and oxygen atoms in total. The van der Waals surface area contributed by atoms with E-state index in [-0.39, 0.29) is 26.1 Å². The number of ether oxygens (including phenoxy) is 2. The van der Waals surface area contributed by atoms with Crippen LogP contribution in [0.2, 0.25) is 0 Å². The van der Waals surface area contributed by atoms with E-state index in [9.17, 15) is 19.0 Å². The zero-order valence-corrected chi connectivity index (χ0v) is 37.8. The van der Waals surface area contributed by atoms with Crippen LogP contribution in [0.4, 0.5) is 0 Å². The number of carbonyl (C=O) groups is 2. The van der Waals surface area contributed by atoms with Crippen LogP contribution in [0, 0.1) is 0 Å². The van der Waals surface area contributed by atoms with Gasteiger partial charge in [0, 0.05) is 12.8 Å². The number of allylic oxidation sites excluding steroid dienone is 16. The highest BCUT2D eigenvalue weighted by Gasteiger charge is 2.21. The molecule has 0 heterocycles. The number of hydrogen-bond donors (Lipinski definition) is 0. The molecular weight excluding hydrogens is 750 g/mol. The van der Waals surface area contributed by atoms with Crippen LogP contribution in [-0.4, -0.2) is 70.0 Å². The van der Waals surface area contributed by atoms with Crippen LogP contribution in [0.25, 0.3) is 0 Å². The second-order valence-electron chi connectivity index (χ2n) is 15.3. The number of rotatable bonds is 38. The summed E-state index contributed by atoms with van der Waals surface area (Å²) in [6.45, 7) is 3.95. The van der Waals surface area contributed by atoms with Gasteiger partial charge in [-0.3, -0.25) is 14.2 Å². The number of carbonyl (C=O) groups excluding carboxylic acids is 2. The lowest BCUT2D eigenvalue weighted by atomic mass is 10.1. The van der Waals surface area contributed by atoms with Gasteiger partial charge in [-0.2, -0.15) is 0 Å². The molecule has 0 rings (SSSR count).